The number of pyridine rings is 1. The highest BCUT2D eigenvalue weighted by Gasteiger charge is 2.49. The van der Waals surface area contributed by atoms with Crippen molar-refractivity contribution in [2.45, 2.75) is 38.3 Å². The van der Waals surface area contributed by atoms with Crippen LogP contribution in [0.5, 0.6) is 5.88 Å². The summed E-state index contributed by atoms with van der Waals surface area (Å²) >= 11 is 0. The molecule has 0 unspecified atom stereocenters. The lowest BCUT2D eigenvalue weighted by Gasteiger charge is -2.37. The van der Waals surface area contributed by atoms with Gasteiger partial charge in [0.1, 0.15) is 11.2 Å². The van der Waals surface area contributed by atoms with E-state index in [4.69, 9.17) is 9.84 Å². The Balaban J connectivity index is 1.40. The predicted molar refractivity (Wildman–Crippen MR) is 190 cm³/mol. The van der Waals surface area contributed by atoms with Crippen LogP contribution >= 0.6 is 0 Å². The van der Waals surface area contributed by atoms with E-state index in [0.717, 1.165) is 70.5 Å². The summed E-state index contributed by atoms with van der Waals surface area (Å²) in [5, 5.41) is 9.91. The molecule has 8 rings (SSSR count). The van der Waals surface area contributed by atoms with Gasteiger partial charge in [0.25, 0.3) is 0 Å². The van der Waals surface area contributed by atoms with E-state index in [1.54, 1.807) is 0 Å². The van der Waals surface area contributed by atoms with Crippen LogP contribution in [0.15, 0.2) is 128 Å². The first-order valence-corrected chi connectivity index (χ1v) is 16.9. The van der Waals surface area contributed by atoms with Crippen LogP contribution < -0.4 is 15.0 Å². The van der Waals surface area contributed by atoms with Crippen molar-refractivity contribution < 1.29 is 9.53 Å². The Morgan fingerprint density at radius 1 is 0.812 bits per heavy atom. The molecule has 240 valence electrons. The van der Waals surface area contributed by atoms with Crippen LogP contribution in [-0.4, -0.2) is 46.4 Å². The van der Waals surface area contributed by atoms with Crippen LogP contribution in [0.2, 0.25) is 0 Å². The normalized spacial score (nSPS) is 18.0. The van der Waals surface area contributed by atoms with Crippen LogP contribution in [0, 0.1) is 5.41 Å². The van der Waals surface area contributed by atoms with E-state index >= 15 is 0 Å². The highest BCUT2D eigenvalue weighted by Crippen LogP contribution is 2.46. The van der Waals surface area contributed by atoms with Gasteiger partial charge in [-0.05, 0) is 74.2 Å². The molecule has 2 saturated heterocycles. The highest BCUT2D eigenvalue weighted by molar-refractivity contribution is 6.03. The molecule has 1 N–H and O–H groups in total. The smallest absolute Gasteiger partial charge is 0.234 e. The van der Waals surface area contributed by atoms with Gasteiger partial charge in [0.2, 0.25) is 11.8 Å². The van der Waals surface area contributed by atoms with Crippen LogP contribution in [0.4, 0.5) is 5.69 Å². The van der Waals surface area contributed by atoms with Gasteiger partial charge in [-0.1, -0.05) is 91.0 Å². The zero-order chi connectivity index (χ0) is 32.7. The number of amides is 1. The van der Waals surface area contributed by atoms with Gasteiger partial charge in [0, 0.05) is 42.0 Å². The number of hydrogen-bond acceptors (Lipinski definition) is 5. The molecule has 7 heteroatoms. The third kappa shape index (κ3) is 4.88. The van der Waals surface area contributed by atoms with Crippen molar-refractivity contribution in [2.75, 3.05) is 24.5 Å². The summed E-state index contributed by atoms with van der Waals surface area (Å²) in [5.74, 6) is 0.786. The van der Waals surface area contributed by atoms with E-state index in [-0.39, 0.29) is 17.4 Å². The van der Waals surface area contributed by atoms with E-state index < -0.39 is 5.54 Å². The molecule has 0 aliphatic carbocycles. The zero-order valence-corrected chi connectivity index (χ0v) is 27.3. The van der Waals surface area contributed by atoms with E-state index in [2.05, 4.69) is 124 Å². The summed E-state index contributed by atoms with van der Waals surface area (Å²) in [5.41, 5.74) is 5.68. The monoisotopic (exact) mass is 633 g/mol. The number of aromatic nitrogens is 3. The maximum atomic E-state index is 13.9. The number of carbonyl (C=O) groups is 1. The molecule has 0 saturated carbocycles. The topological polar surface area (TPSA) is 72.3 Å². The molecule has 1 atom stereocenters. The minimum Gasteiger partial charge on any atom is -0.475 e. The molecule has 1 amide bonds. The number of nitrogens with one attached hydrogen (secondary N) is 1. The molecule has 2 aromatic heterocycles. The molecule has 2 fully saturated rings. The lowest BCUT2D eigenvalue weighted by Crippen LogP contribution is -2.38. The summed E-state index contributed by atoms with van der Waals surface area (Å²) in [6.07, 6.45) is 3.61. The van der Waals surface area contributed by atoms with Crippen molar-refractivity contribution in [2.24, 2.45) is 5.41 Å². The molecule has 7 nitrogen and oxygen atoms in total. The van der Waals surface area contributed by atoms with Gasteiger partial charge in [0.15, 0.2) is 0 Å². The number of ether oxygens (including phenoxy) is 1. The Bertz CT molecular complexity index is 1950. The van der Waals surface area contributed by atoms with Crippen molar-refractivity contribution in [1.82, 2.24) is 20.1 Å². The molecule has 0 bridgehead atoms. The van der Waals surface area contributed by atoms with Gasteiger partial charge >= 0.3 is 0 Å². The minimum atomic E-state index is -0.807. The second kappa shape index (κ2) is 12.1. The standard InChI is InChI=1S/C41H39N5O2/c1-29(2)48-37-21-18-30(27-43-37)38-35-26-34(45-25-23-40(39(45)47)22-24-42-28-40)19-20-36(35)46(44-38)41(31-12-6-3-7-13-31,32-14-8-4-9-15-32)33-16-10-5-11-17-33/h3-21,26-27,29,42H,22-25,28H2,1-2H3/t40-/m0/s1. The SMILES string of the molecule is CC(C)Oc1ccc(-c2nn(C(c3ccccc3)(c3ccccc3)c3ccccc3)c3ccc(N4CC[C@]5(CCNC5)C4=O)cc23)cn1. The molecular weight excluding hydrogens is 594 g/mol. The van der Waals surface area contributed by atoms with Gasteiger partial charge < -0.3 is 15.0 Å². The summed E-state index contributed by atoms with van der Waals surface area (Å²) < 4.78 is 8.06. The number of benzene rings is 4. The zero-order valence-electron chi connectivity index (χ0n) is 27.3. The first kappa shape index (κ1) is 30.1. The molecule has 4 aromatic carbocycles. The summed E-state index contributed by atoms with van der Waals surface area (Å²) in [7, 11) is 0. The average Bonchev–Trinajstić information content (AvgIpc) is 3.85. The highest BCUT2D eigenvalue weighted by atomic mass is 16.5. The van der Waals surface area contributed by atoms with Crippen molar-refractivity contribution in [3.8, 4) is 17.1 Å². The average molecular weight is 634 g/mol. The molecule has 2 aliphatic heterocycles. The van der Waals surface area contributed by atoms with E-state index in [1.807, 2.05) is 37.1 Å². The van der Waals surface area contributed by atoms with Gasteiger partial charge in [-0.25, -0.2) is 9.67 Å². The summed E-state index contributed by atoms with van der Waals surface area (Å²) in [6.45, 7) is 6.33. The molecule has 0 radical (unpaired) electrons. The number of anilines is 1. The minimum absolute atomic E-state index is 0.0190. The Labute approximate surface area is 281 Å². The summed E-state index contributed by atoms with van der Waals surface area (Å²) in [6, 6.07) is 42.1. The Kier molecular flexibility index (Phi) is 7.57. The largest absolute Gasteiger partial charge is 0.475 e. The van der Waals surface area contributed by atoms with Crippen molar-refractivity contribution in [3.05, 3.63) is 144 Å². The van der Waals surface area contributed by atoms with Crippen LogP contribution in [0.25, 0.3) is 22.2 Å². The lowest BCUT2D eigenvalue weighted by atomic mass is 9.77. The molecule has 4 heterocycles. The van der Waals surface area contributed by atoms with Gasteiger partial charge in [-0.15, -0.1) is 0 Å². The fraction of sp³-hybridized carbons (Fsp3) is 0.244. The summed E-state index contributed by atoms with van der Waals surface area (Å²) in [4.78, 5) is 20.5. The van der Waals surface area contributed by atoms with E-state index in [9.17, 15) is 4.79 Å². The molecule has 1 spiro atoms. The third-order valence-corrected chi connectivity index (χ3v) is 9.99. The van der Waals surface area contributed by atoms with Crippen LogP contribution in [0.3, 0.4) is 0 Å². The van der Waals surface area contributed by atoms with E-state index in [0.29, 0.717) is 12.4 Å². The first-order chi connectivity index (χ1) is 23.5. The Hall–Kier alpha value is -5.27. The van der Waals surface area contributed by atoms with Gasteiger partial charge in [0.05, 0.1) is 17.0 Å². The van der Waals surface area contributed by atoms with Crippen molar-refractivity contribution in [3.63, 3.8) is 0 Å². The third-order valence-electron chi connectivity index (χ3n) is 9.99. The molecule has 6 aromatic rings. The van der Waals surface area contributed by atoms with Crippen LogP contribution in [0.1, 0.15) is 43.4 Å². The van der Waals surface area contributed by atoms with Crippen molar-refractivity contribution >= 4 is 22.5 Å². The number of hydrogen-bond donors (Lipinski definition) is 1. The maximum Gasteiger partial charge on any atom is 0.234 e. The maximum absolute atomic E-state index is 13.9. The fourth-order valence-corrected chi connectivity index (χ4v) is 7.69. The Morgan fingerprint density at radius 3 is 2.00 bits per heavy atom. The quantitative estimate of drug-likeness (QED) is 0.177. The van der Waals surface area contributed by atoms with Gasteiger partial charge in [-0.2, -0.15) is 5.10 Å². The number of rotatable bonds is 8. The number of nitrogens with zero attached hydrogens (tertiary/aromatic N) is 4. The number of carbonyl (C=O) groups excluding carboxylic acids is 1. The molecule has 2 aliphatic rings. The van der Waals surface area contributed by atoms with Crippen LogP contribution in [-0.2, 0) is 10.3 Å². The number of fused-ring (bicyclic) bond motifs is 1. The van der Waals surface area contributed by atoms with E-state index in [1.165, 1.54) is 0 Å². The first-order valence-electron chi connectivity index (χ1n) is 16.9. The second-order valence-electron chi connectivity index (χ2n) is 13.2. The lowest BCUT2D eigenvalue weighted by molar-refractivity contribution is -0.124. The Morgan fingerprint density at radius 2 is 1.46 bits per heavy atom. The molecule has 48 heavy (non-hydrogen) atoms. The van der Waals surface area contributed by atoms with Gasteiger partial charge in [-0.3, -0.25) is 4.79 Å². The second-order valence-corrected chi connectivity index (χ2v) is 13.2. The van der Waals surface area contributed by atoms with Crippen molar-refractivity contribution in [1.29, 1.82) is 0 Å². The fourth-order valence-electron chi connectivity index (χ4n) is 7.69. The predicted octanol–water partition coefficient (Wildman–Crippen LogP) is 7.44. The molecular formula is C41H39N5O2.